The molecule has 3 nitrogen and oxygen atoms in total. The largest absolute Gasteiger partial charge is 0.346 e. The molecular weight excluding hydrogens is 328 g/mol. The maximum Gasteiger partial charge on any atom is 0.252 e. The molecule has 0 aliphatic heterocycles. The molecule has 0 spiro atoms. The third kappa shape index (κ3) is 3.55. The van der Waals surface area contributed by atoms with Gasteiger partial charge in [-0.25, -0.2) is 0 Å². The molecule has 98 valence electrons. The lowest BCUT2D eigenvalue weighted by molar-refractivity contribution is 0.0949. The number of rotatable bonds is 3. The number of aryl methyl sites for hydroxylation is 1. The molecular formula is C14H12BrClN2O. The summed E-state index contributed by atoms with van der Waals surface area (Å²) in [6.45, 7) is 2.37. The fourth-order valence-electron chi connectivity index (χ4n) is 1.64. The van der Waals surface area contributed by atoms with E-state index in [0.29, 0.717) is 21.6 Å². The quantitative estimate of drug-likeness (QED) is 0.925. The zero-order chi connectivity index (χ0) is 13.8. The van der Waals surface area contributed by atoms with Crippen LogP contribution in [0.25, 0.3) is 0 Å². The second-order valence-electron chi connectivity index (χ2n) is 4.07. The summed E-state index contributed by atoms with van der Waals surface area (Å²) in [5, 5.41) is 3.43. The van der Waals surface area contributed by atoms with Crippen molar-refractivity contribution in [2.75, 3.05) is 0 Å². The van der Waals surface area contributed by atoms with Crippen LogP contribution >= 0.6 is 27.5 Å². The van der Waals surface area contributed by atoms with Gasteiger partial charge in [-0.3, -0.25) is 9.78 Å². The zero-order valence-corrected chi connectivity index (χ0v) is 12.6. The standard InChI is InChI=1S/C14H12BrClN2O/c1-9-3-2-6-17-13(9)8-18-14(19)11-5-4-10(16)7-12(11)15/h2-7H,8H2,1H3,(H,18,19). The Morgan fingerprint density at radius 1 is 1.42 bits per heavy atom. The van der Waals surface area contributed by atoms with Crippen molar-refractivity contribution in [1.82, 2.24) is 10.3 Å². The van der Waals surface area contributed by atoms with Crippen LogP contribution in [0.3, 0.4) is 0 Å². The van der Waals surface area contributed by atoms with E-state index in [-0.39, 0.29) is 5.91 Å². The number of nitrogens with zero attached hydrogens (tertiary/aromatic N) is 1. The van der Waals surface area contributed by atoms with Gasteiger partial charge >= 0.3 is 0 Å². The number of hydrogen-bond donors (Lipinski definition) is 1. The highest BCUT2D eigenvalue weighted by molar-refractivity contribution is 9.10. The van der Waals surface area contributed by atoms with Crippen LogP contribution in [-0.2, 0) is 6.54 Å². The van der Waals surface area contributed by atoms with Gasteiger partial charge in [-0.15, -0.1) is 0 Å². The van der Waals surface area contributed by atoms with Crippen LogP contribution < -0.4 is 5.32 Å². The number of nitrogens with one attached hydrogen (secondary N) is 1. The third-order valence-electron chi connectivity index (χ3n) is 2.71. The molecule has 19 heavy (non-hydrogen) atoms. The second-order valence-corrected chi connectivity index (χ2v) is 5.36. The topological polar surface area (TPSA) is 42.0 Å². The highest BCUT2D eigenvalue weighted by atomic mass is 79.9. The van der Waals surface area contributed by atoms with Crippen molar-refractivity contribution in [2.24, 2.45) is 0 Å². The number of benzene rings is 1. The van der Waals surface area contributed by atoms with Gasteiger partial charge in [0.2, 0.25) is 0 Å². The van der Waals surface area contributed by atoms with Gasteiger partial charge in [0.25, 0.3) is 5.91 Å². The van der Waals surface area contributed by atoms with Crippen molar-refractivity contribution in [3.63, 3.8) is 0 Å². The lowest BCUT2D eigenvalue weighted by Crippen LogP contribution is -2.24. The molecule has 0 unspecified atom stereocenters. The Bertz CT molecular complexity index is 616. The van der Waals surface area contributed by atoms with E-state index in [2.05, 4.69) is 26.2 Å². The molecule has 1 aromatic heterocycles. The summed E-state index contributed by atoms with van der Waals surface area (Å²) in [5.41, 5.74) is 2.47. The lowest BCUT2D eigenvalue weighted by Gasteiger charge is -2.08. The van der Waals surface area contributed by atoms with Crippen LogP contribution in [0.4, 0.5) is 0 Å². The van der Waals surface area contributed by atoms with E-state index in [1.807, 2.05) is 19.1 Å². The summed E-state index contributed by atoms with van der Waals surface area (Å²) >= 11 is 9.17. The summed E-state index contributed by atoms with van der Waals surface area (Å²) in [6.07, 6.45) is 1.71. The summed E-state index contributed by atoms with van der Waals surface area (Å²) in [6, 6.07) is 8.91. The van der Waals surface area contributed by atoms with E-state index in [4.69, 9.17) is 11.6 Å². The van der Waals surface area contributed by atoms with Crippen LogP contribution in [-0.4, -0.2) is 10.9 Å². The van der Waals surface area contributed by atoms with Gasteiger partial charge in [0, 0.05) is 15.7 Å². The van der Waals surface area contributed by atoms with Crippen LogP contribution in [0, 0.1) is 6.92 Å². The number of pyridine rings is 1. The first-order valence-electron chi connectivity index (χ1n) is 5.71. The minimum absolute atomic E-state index is 0.159. The van der Waals surface area contributed by atoms with Gasteiger partial charge in [0.15, 0.2) is 0 Å². The number of carbonyl (C=O) groups is 1. The second kappa shape index (κ2) is 6.17. The van der Waals surface area contributed by atoms with Crippen molar-refractivity contribution >= 4 is 33.4 Å². The Balaban J connectivity index is 2.08. The minimum atomic E-state index is -0.159. The van der Waals surface area contributed by atoms with Gasteiger partial charge in [-0.1, -0.05) is 17.7 Å². The number of halogens is 2. The highest BCUT2D eigenvalue weighted by Gasteiger charge is 2.10. The smallest absolute Gasteiger partial charge is 0.252 e. The maximum absolute atomic E-state index is 12.0. The average molecular weight is 340 g/mol. The molecule has 1 N–H and O–H groups in total. The fourth-order valence-corrected chi connectivity index (χ4v) is 2.50. The number of aromatic nitrogens is 1. The van der Waals surface area contributed by atoms with Crippen LogP contribution in [0.15, 0.2) is 41.0 Å². The van der Waals surface area contributed by atoms with Gasteiger partial charge in [0.1, 0.15) is 0 Å². The third-order valence-corrected chi connectivity index (χ3v) is 3.60. The molecule has 0 radical (unpaired) electrons. The monoisotopic (exact) mass is 338 g/mol. The molecule has 0 bridgehead atoms. The van der Waals surface area contributed by atoms with Crippen molar-refractivity contribution < 1.29 is 4.79 Å². The maximum atomic E-state index is 12.0. The van der Waals surface area contributed by atoms with Gasteiger partial charge < -0.3 is 5.32 Å². The Morgan fingerprint density at radius 2 is 2.21 bits per heavy atom. The van der Waals surface area contributed by atoms with Crippen LogP contribution in [0.2, 0.25) is 5.02 Å². The fraction of sp³-hybridized carbons (Fsp3) is 0.143. The Kier molecular flexibility index (Phi) is 4.56. The Labute approximate surface area is 125 Å². The lowest BCUT2D eigenvalue weighted by atomic mass is 10.2. The molecule has 0 saturated heterocycles. The van der Waals surface area contributed by atoms with Gasteiger partial charge in [-0.05, 0) is 52.7 Å². The van der Waals surface area contributed by atoms with Crippen LogP contribution in [0.1, 0.15) is 21.6 Å². The van der Waals surface area contributed by atoms with Gasteiger partial charge in [0.05, 0.1) is 17.8 Å². The van der Waals surface area contributed by atoms with Gasteiger partial charge in [-0.2, -0.15) is 0 Å². The molecule has 5 heteroatoms. The van der Waals surface area contributed by atoms with E-state index >= 15 is 0 Å². The first-order valence-corrected chi connectivity index (χ1v) is 6.89. The Hall–Kier alpha value is -1.39. The number of amides is 1. The number of hydrogen-bond acceptors (Lipinski definition) is 2. The van der Waals surface area contributed by atoms with E-state index in [1.165, 1.54) is 0 Å². The summed E-state index contributed by atoms with van der Waals surface area (Å²) < 4.78 is 0.676. The van der Waals surface area contributed by atoms with E-state index in [0.717, 1.165) is 11.3 Å². The molecule has 2 aromatic rings. The van der Waals surface area contributed by atoms with Crippen molar-refractivity contribution in [2.45, 2.75) is 13.5 Å². The zero-order valence-electron chi connectivity index (χ0n) is 10.3. The molecule has 1 aromatic carbocycles. The molecule has 0 atom stereocenters. The van der Waals surface area contributed by atoms with E-state index in [9.17, 15) is 4.79 Å². The molecule has 0 saturated carbocycles. The highest BCUT2D eigenvalue weighted by Crippen LogP contribution is 2.21. The summed E-state index contributed by atoms with van der Waals surface area (Å²) in [7, 11) is 0. The van der Waals surface area contributed by atoms with Crippen molar-refractivity contribution in [3.05, 3.63) is 62.8 Å². The molecule has 1 amide bonds. The molecule has 1 heterocycles. The minimum Gasteiger partial charge on any atom is -0.346 e. The SMILES string of the molecule is Cc1cccnc1CNC(=O)c1ccc(Cl)cc1Br. The predicted octanol–water partition coefficient (Wildman–Crippen LogP) is 3.74. The van der Waals surface area contributed by atoms with Crippen LogP contribution in [0.5, 0.6) is 0 Å². The van der Waals surface area contributed by atoms with E-state index in [1.54, 1.807) is 24.4 Å². The van der Waals surface area contributed by atoms with Crippen molar-refractivity contribution in [3.8, 4) is 0 Å². The first kappa shape index (κ1) is 14.0. The number of carbonyl (C=O) groups excluding carboxylic acids is 1. The first-order chi connectivity index (χ1) is 9.08. The molecule has 0 aliphatic carbocycles. The summed E-state index contributed by atoms with van der Waals surface area (Å²) in [4.78, 5) is 16.3. The normalized spacial score (nSPS) is 10.3. The van der Waals surface area contributed by atoms with E-state index < -0.39 is 0 Å². The van der Waals surface area contributed by atoms with Crippen molar-refractivity contribution in [1.29, 1.82) is 0 Å². The predicted molar refractivity (Wildman–Crippen MR) is 79.3 cm³/mol. The summed E-state index contributed by atoms with van der Waals surface area (Å²) in [5.74, 6) is -0.159. The Morgan fingerprint density at radius 3 is 2.89 bits per heavy atom. The molecule has 2 rings (SSSR count). The molecule has 0 aliphatic rings. The molecule has 0 fully saturated rings. The average Bonchev–Trinajstić information content (AvgIpc) is 2.37.